The molecule has 1 fully saturated rings. The number of nitrogens with one attached hydrogen (secondary N) is 1. The van der Waals surface area contributed by atoms with Crippen molar-refractivity contribution in [3.05, 3.63) is 45.7 Å². The highest BCUT2D eigenvalue weighted by molar-refractivity contribution is 5.97. The molecule has 0 radical (unpaired) electrons. The van der Waals surface area contributed by atoms with Crippen molar-refractivity contribution < 1.29 is 18.0 Å². The van der Waals surface area contributed by atoms with Gasteiger partial charge in [0.15, 0.2) is 0 Å². The summed E-state index contributed by atoms with van der Waals surface area (Å²) in [7, 11) is 0. The van der Waals surface area contributed by atoms with Crippen molar-refractivity contribution >= 4 is 16.8 Å². The molecule has 1 N–H and O–H groups in total. The average molecular weight is 353 g/mol. The van der Waals surface area contributed by atoms with Crippen LogP contribution in [-0.4, -0.2) is 53.4 Å². The molecular formula is C17H18F3N3O2. The number of benzene rings is 1. The van der Waals surface area contributed by atoms with E-state index < -0.39 is 23.1 Å². The third-order valence-corrected chi connectivity index (χ3v) is 4.56. The van der Waals surface area contributed by atoms with E-state index in [0.29, 0.717) is 26.2 Å². The minimum atomic E-state index is -4.58. The van der Waals surface area contributed by atoms with Crippen LogP contribution in [0.3, 0.4) is 0 Å². The second kappa shape index (κ2) is 6.51. The molecule has 0 spiro atoms. The molecule has 3 rings (SSSR count). The number of carbonyl (C=O) groups is 1. The molecular weight excluding hydrogens is 335 g/mol. The van der Waals surface area contributed by atoms with Crippen LogP contribution in [0.5, 0.6) is 0 Å². The van der Waals surface area contributed by atoms with Crippen LogP contribution in [0, 0.1) is 0 Å². The smallest absolute Gasteiger partial charge is 0.360 e. The number of para-hydroxylation sites is 1. The van der Waals surface area contributed by atoms with Crippen LogP contribution < -0.4 is 5.43 Å². The molecule has 0 aliphatic carbocycles. The van der Waals surface area contributed by atoms with Gasteiger partial charge in [0.2, 0.25) is 5.43 Å². The first-order valence-electron chi connectivity index (χ1n) is 8.06. The van der Waals surface area contributed by atoms with Gasteiger partial charge in [0.25, 0.3) is 5.91 Å². The van der Waals surface area contributed by atoms with Gasteiger partial charge in [-0.1, -0.05) is 13.0 Å². The number of aromatic amines is 1. The van der Waals surface area contributed by atoms with Gasteiger partial charge >= 0.3 is 6.18 Å². The number of alkyl halides is 3. The number of likely N-dealkylation sites (N-methyl/N-ethyl adjacent to an activating group) is 1. The lowest BCUT2D eigenvalue weighted by atomic mass is 10.1. The second-order valence-corrected chi connectivity index (χ2v) is 5.98. The van der Waals surface area contributed by atoms with Gasteiger partial charge in [0.05, 0.1) is 11.1 Å². The number of pyridine rings is 1. The lowest BCUT2D eigenvalue weighted by Gasteiger charge is -2.33. The second-order valence-electron chi connectivity index (χ2n) is 5.98. The molecule has 1 aromatic heterocycles. The minimum absolute atomic E-state index is 0.128. The maximum atomic E-state index is 13.1. The summed E-state index contributed by atoms with van der Waals surface area (Å²) in [6, 6.07) is 3.38. The summed E-state index contributed by atoms with van der Waals surface area (Å²) in [5.74, 6) is -0.448. The van der Waals surface area contributed by atoms with Crippen LogP contribution >= 0.6 is 0 Å². The van der Waals surface area contributed by atoms with Gasteiger partial charge in [-0.25, -0.2) is 0 Å². The topological polar surface area (TPSA) is 56.4 Å². The first-order valence-corrected chi connectivity index (χ1v) is 8.06. The number of piperazine rings is 1. The Balaban J connectivity index is 1.98. The molecule has 1 amide bonds. The summed E-state index contributed by atoms with van der Waals surface area (Å²) in [5.41, 5.74) is -2.02. The first kappa shape index (κ1) is 17.5. The van der Waals surface area contributed by atoms with Gasteiger partial charge in [-0.15, -0.1) is 0 Å². The molecule has 25 heavy (non-hydrogen) atoms. The molecule has 0 saturated carbocycles. The van der Waals surface area contributed by atoms with E-state index in [1.165, 1.54) is 12.1 Å². The fourth-order valence-corrected chi connectivity index (χ4v) is 3.08. The number of nitrogens with zero attached hydrogens (tertiary/aromatic N) is 2. The van der Waals surface area contributed by atoms with Gasteiger partial charge in [-0.2, -0.15) is 13.2 Å². The largest absolute Gasteiger partial charge is 0.418 e. The fourth-order valence-electron chi connectivity index (χ4n) is 3.08. The van der Waals surface area contributed by atoms with Crippen LogP contribution in [0.1, 0.15) is 22.8 Å². The zero-order chi connectivity index (χ0) is 18.2. The molecule has 1 aliphatic heterocycles. The number of amides is 1. The minimum Gasteiger partial charge on any atom is -0.360 e. The van der Waals surface area contributed by atoms with Crippen molar-refractivity contribution in [2.75, 3.05) is 32.7 Å². The average Bonchev–Trinajstić information content (AvgIpc) is 2.60. The summed E-state index contributed by atoms with van der Waals surface area (Å²) < 4.78 is 39.2. The number of hydrogen-bond acceptors (Lipinski definition) is 3. The summed E-state index contributed by atoms with van der Waals surface area (Å²) in [5, 5.41) is -0.132. The summed E-state index contributed by atoms with van der Waals surface area (Å²) >= 11 is 0. The van der Waals surface area contributed by atoms with Gasteiger partial charge in [-0.3, -0.25) is 9.59 Å². The highest BCUT2D eigenvalue weighted by Crippen LogP contribution is 2.33. The molecule has 2 aromatic rings. The van der Waals surface area contributed by atoms with E-state index in [0.717, 1.165) is 18.8 Å². The quantitative estimate of drug-likeness (QED) is 0.902. The Morgan fingerprint density at radius 1 is 1.20 bits per heavy atom. The van der Waals surface area contributed by atoms with Crippen molar-refractivity contribution in [1.82, 2.24) is 14.8 Å². The van der Waals surface area contributed by atoms with Crippen molar-refractivity contribution in [3.8, 4) is 0 Å². The number of rotatable bonds is 2. The van der Waals surface area contributed by atoms with Crippen LogP contribution in [0.4, 0.5) is 13.2 Å². The number of hydrogen-bond donors (Lipinski definition) is 1. The van der Waals surface area contributed by atoms with Crippen LogP contribution in [0.2, 0.25) is 0 Å². The SMILES string of the molecule is CCN1CCN(C(=O)c2c[nH]c3c(C(F)(F)F)cccc3c2=O)CC1. The number of halogens is 3. The maximum absolute atomic E-state index is 13.1. The fraction of sp³-hybridized carbons (Fsp3) is 0.412. The molecule has 134 valence electrons. The summed E-state index contributed by atoms with van der Waals surface area (Å²) in [6.45, 7) is 5.33. The first-order chi connectivity index (χ1) is 11.8. The highest BCUT2D eigenvalue weighted by Gasteiger charge is 2.33. The van der Waals surface area contributed by atoms with Gasteiger partial charge in [-0.05, 0) is 18.7 Å². The lowest BCUT2D eigenvalue weighted by Crippen LogP contribution is -2.49. The predicted octanol–water partition coefficient (Wildman–Crippen LogP) is 2.32. The van der Waals surface area contributed by atoms with Gasteiger partial charge in [0, 0.05) is 37.8 Å². The van der Waals surface area contributed by atoms with Gasteiger partial charge < -0.3 is 14.8 Å². The zero-order valence-electron chi connectivity index (χ0n) is 13.7. The Kier molecular flexibility index (Phi) is 4.55. The molecule has 0 unspecified atom stereocenters. The molecule has 2 heterocycles. The van der Waals surface area contributed by atoms with E-state index in [9.17, 15) is 22.8 Å². The summed E-state index contributed by atoms with van der Waals surface area (Å²) in [6.07, 6.45) is -3.49. The van der Waals surface area contributed by atoms with Crippen molar-refractivity contribution in [2.24, 2.45) is 0 Å². The normalized spacial score (nSPS) is 16.4. The molecule has 0 bridgehead atoms. The van der Waals surface area contributed by atoms with Crippen LogP contribution in [-0.2, 0) is 6.18 Å². The predicted molar refractivity (Wildman–Crippen MR) is 87.6 cm³/mol. The Hall–Kier alpha value is -2.35. The third-order valence-electron chi connectivity index (χ3n) is 4.56. The molecule has 8 heteroatoms. The Morgan fingerprint density at radius 3 is 2.48 bits per heavy atom. The number of aromatic nitrogens is 1. The van der Waals surface area contributed by atoms with Crippen molar-refractivity contribution in [1.29, 1.82) is 0 Å². The molecule has 1 saturated heterocycles. The van der Waals surface area contributed by atoms with Crippen LogP contribution in [0.25, 0.3) is 10.9 Å². The number of H-pyrrole nitrogens is 1. The summed E-state index contributed by atoms with van der Waals surface area (Å²) in [4.78, 5) is 31.4. The maximum Gasteiger partial charge on any atom is 0.418 e. The molecule has 1 aromatic carbocycles. The van der Waals surface area contributed by atoms with E-state index in [2.05, 4.69) is 9.88 Å². The van der Waals surface area contributed by atoms with E-state index in [-0.39, 0.29) is 16.5 Å². The van der Waals surface area contributed by atoms with E-state index in [1.807, 2.05) is 6.92 Å². The molecule has 0 atom stereocenters. The third kappa shape index (κ3) is 3.26. The van der Waals surface area contributed by atoms with Crippen LogP contribution in [0.15, 0.2) is 29.2 Å². The van der Waals surface area contributed by atoms with E-state index >= 15 is 0 Å². The number of fused-ring (bicyclic) bond motifs is 1. The zero-order valence-corrected chi connectivity index (χ0v) is 13.7. The Bertz CT molecular complexity index is 852. The molecule has 1 aliphatic rings. The molecule has 5 nitrogen and oxygen atoms in total. The van der Waals surface area contributed by atoms with Gasteiger partial charge in [0.1, 0.15) is 5.56 Å². The monoisotopic (exact) mass is 353 g/mol. The van der Waals surface area contributed by atoms with Crippen molar-refractivity contribution in [3.63, 3.8) is 0 Å². The number of carbonyl (C=O) groups excluding carboxylic acids is 1. The highest BCUT2D eigenvalue weighted by atomic mass is 19.4. The van der Waals surface area contributed by atoms with E-state index in [4.69, 9.17) is 0 Å². The standard InChI is InChI=1S/C17H18F3N3O2/c1-2-22-6-8-23(9-7-22)16(25)12-10-21-14-11(15(12)24)4-3-5-13(14)17(18,19)20/h3-5,10H,2,6-9H2,1H3,(H,21,24). The lowest BCUT2D eigenvalue weighted by molar-refractivity contribution is -0.136. The Morgan fingerprint density at radius 2 is 1.88 bits per heavy atom. The van der Waals surface area contributed by atoms with Crippen molar-refractivity contribution in [2.45, 2.75) is 13.1 Å². The van der Waals surface area contributed by atoms with E-state index in [1.54, 1.807) is 4.90 Å². The Labute approximate surface area is 142 Å².